The molecule has 1 aliphatic rings. The molecule has 3 heterocycles. The second kappa shape index (κ2) is 10.6. The predicted molar refractivity (Wildman–Crippen MR) is 145 cm³/mol. The van der Waals surface area contributed by atoms with Gasteiger partial charge in [-0.15, -0.1) is 0 Å². The van der Waals surface area contributed by atoms with E-state index in [4.69, 9.17) is 12.2 Å². The summed E-state index contributed by atoms with van der Waals surface area (Å²) in [7, 11) is 0. The Hall–Kier alpha value is -3.56. The second-order valence-corrected chi connectivity index (χ2v) is 9.68. The maximum atomic E-state index is 14.0. The molecule has 0 saturated carbocycles. The van der Waals surface area contributed by atoms with Crippen molar-refractivity contribution in [3.63, 3.8) is 0 Å². The van der Waals surface area contributed by atoms with Crippen molar-refractivity contribution in [2.45, 2.75) is 18.5 Å². The molecule has 0 spiro atoms. The highest BCUT2D eigenvalue weighted by atomic mass is 79.9. The molecule has 9 heteroatoms. The number of para-hydroxylation sites is 1. The highest BCUT2D eigenvalue weighted by Crippen LogP contribution is 2.39. The number of halogens is 2. The van der Waals surface area contributed by atoms with Crippen molar-refractivity contribution >= 4 is 44.9 Å². The first-order valence-electron chi connectivity index (χ1n) is 11.5. The van der Waals surface area contributed by atoms with Crippen molar-refractivity contribution in [2.24, 2.45) is 0 Å². The lowest BCUT2D eigenvalue weighted by molar-refractivity contribution is -0.116. The molecule has 0 unspecified atom stereocenters. The molecular formula is C27H23BrFN5OS. The third kappa shape index (κ3) is 5.03. The molecule has 1 fully saturated rings. The van der Waals surface area contributed by atoms with Crippen molar-refractivity contribution in [3.05, 3.63) is 113 Å². The number of pyridine rings is 1. The van der Waals surface area contributed by atoms with E-state index < -0.39 is 5.82 Å². The Morgan fingerprint density at radius 1 is 1.06 bits per heavy atom. The van der Waals surface area contributed by atoms with Crippen molar-refractivity contribution < 1.29 is 9.18 Å². The topological polar surface area (TPSA) is 62.2 Å². The molecule has 1 amide bonds. The molecule has 2 aromatic carbocycles. The lowest BCUT2D eigenvalue weighted by Gasteiger charge is -2.29. The van der Waals surface area contributed by atoms with E-state index in [1.165, 1.54) is 6.07 Å². The van der Waals surface area contributed by atoms with Gasteiger partial charge in [-0.1, -0.05) is 34.1 Å². The Balaban J connectivity index is 1.44. The number of carbonyl (C=O) groups is 1. The first kappa shape index (κ1) is 24.1. The van der Waals surface area contributed by atoms with Crippen LogP contribution < -0.4 is 10.6 Å². The van der Waals surface area contributed by atoms with Crippen LogP contribution in [0.25, 0.3) is 5.69 Å². The molecule has 2 N–H and O–H groups in total. The SMILES string of the molecule is O=C(CCN1C(=S)N[C@@H](c2ccccn2)[C@@H]1c1cccn1-c1ccc(Br)cc1)Nc1ccccc1F. The van der Waals surface area contributed by atoms with E-state index in [0.29, 0.717) is 11.7 Å². The van der Waals surface area contributed by atoms with Gasteiger partial charge in [-0.05, 0) is 72.9 Å². The normalized spacial score (nSPS) is 17.2. The molecule has 2 aromatic heterocycles. The highest BCUT2D eigenvalue weighted by Gasteiger charge is 2.41. The molecule has 0 radical (unpaired) electrons. The zero-order chi connectivity index (χ0) is 25.1. The lowest BCUT2D eigenvalue weighted by Crippen LogP contribution is -2.33. The van der Waals surface area contributed by atoms with Gasteiger partial charge in [0.25, 0.3) is 0 Å². The van der Waals surface area contributed by atoms with Crippen LogP contribution >= 0.6 is 28.1 Å². The number of thiocarbonyl (C=S) groups is 1. The van der Waals surface area contributed by atoms with E-state index in [-0.39, 0.29) is 30.1 Å². The Kier molecular flexibility index (Phi) is 7.11. The summed E-state index contributed by atoms with van der Waals surface area (Å²) in [5.74, 6) is -0.754. The maximum absolute atomic E-state index is 14.0. The second-order valence-electron chi connectivity index (χ2n) is 8.38. The number of hydrogen-bond donors (Lipinski definition) is 2. The summed E-state index contributed by atoms with van der Waals surface area (Å²) < 4.78 is 17.1. The number of rotatable bonds is 7. The fourth-order valence-electron chi connectivity index (χ4n) is 4.44. The first-order valence-corrected chi connectivity index (χ1v) is 12.7. The van der Waals surface area contributed by atoms with Gasteiger partial charge >= 0.3 is 0 Å². The number of anilines is 1. The van der Waals surface area contributed by atoms with Gasteiger partial charge in [-0.25, -0.2) is 4.39 Å². The molecule has 6 nitrogen and oxygen atoms in total. The maximum Gasteiger partial charge on any atom is 0.226 e. The van der Waals surface area contributed by atoms with Gasteiger partial charge in [0.1, 0.15) is 5.82 Å². The minimum absolute atomic E-state index is 0.139. The third-order valence-corrected chi connectivity index (χ3v) is 6.99. The van der Waals surface area contributed by atoms with E-state index in [1.807, 2.05) is 59.6 Å². The highest BCUT2D eigenvalue weighted by molar-refractivity contribution is 9.10. The Labute approximate surface area is 222 Å². The van der Waals surface area contributed by atoms with Crippen LogP contribution in [0.15, 0.2) is 95.7 Å². The Morgan fingerprint density at radius 3 is 2.58 bits per heavy atom. The van der Waals surface area contributed by atoms with Crippen molar-refractivity contribution in [3.8, 4) is 5.69 Å². The van der Waals surface area contributed by atoms with Crippen molar-refractivity contribution in [1.82, 2.24) is 19.8 Å². The average molecular weight is 564 g/mol. The van der Waals surface area contributed by atoms with E-state index in [0.717, 1.165) is 21.5 Å². The molecule has 1 saturated heterocycles. The first-order chi connectivity index (χ1) is 17.5. The number of benzene rings is 2. The zero-order valence-electron chi connectivity index (χ0n) is 19.1. The van der Waals surface area contributed by atoms with E-state index in [1.54, 1.807) is 24.4 Å². The van der Waals surface area contributed by atoms with Gasteiger partial charge in [-0.2, -0.15) is 0 Å². The third-order valence-electron chi connectivity index (χ3n) is 6.11. The van der Waals surface area contributed by atoms with Crippen LogP contribution in [0.1, 0.15) is 29.9 Å². The van der Waals surface area contributed by atoms with Crippen molar-refractivity contribution in [1.29, 1.82) is 0 Å². The predicted octanol–water partition coefficient (Wildman–Crippen LogP) is 5.78. The Bertz CT molecular complexity index is 1380. The summed E-state index contributed by atoms with van der Waals surface area (Å²) in [6.45, 7) is 0.353. The fourth-order valence-corrected chi connectivity index (χ4v) is 5.03. The molecule has 182 valence electrons. The van der Waals surface area contributed by atoms with Gasteiger partial charge in [0.2, 0.25) is 5.91 Å². The van der Waals surface area contributed by atoms with Crippen LogP contribution in [0.4, 0.5) is 10.1 Å². The number of amides is 1. The van der Waals surface area contributed by atoms with E-state index >= 15 is 0 Å². The number of nitrogens with zero attached hydrogens (tertiary/aromatic N) is 3. The van der Waals surface area contributed by atoms with E-state index in [2.05, 4.69) is 42.2 Å². The van der Waals surface area contributed by atoms with Crippen LogP contribution in [-0.2, 0) is 4.79 Å². The number of carbonyl (C=O) groups excluding carboxylic acids is 1. The summed E-state index contributed by atoms with van der Waals surface area (Å²) in [4.78, 5) is 19.3. The quantitative estimate of drug-likeness (QED) is 0.279. The standard InChI is InChI=1S/C27H23BrFN5OS/c28-18-10-12-19(13-11-18)33-16-5-9-23(33)26-25(22-8-3-4-15-30-22)32-27(36)34(26)17-14-24(35)31-21-7-2-1-6-20(21)29/h1-13,15-16,25-26H,14,17H2,(H,31,35)(H,32,36)/t25-,26-/m0/s1. The van der Waals surface area contributed by atoms with Gasteiger partial charge < -0.3 is 20.1 Å². The molecule has 0 aliphatic carbocycles. The van der Waals surface area contributed by atoms with Crippen LogP contribution in [0.2, 0.25) is 0 Å². The zero-order valence-corrected chi connectivity index (χ0v) is 21.5. The fraction of sp³-hybridized carbons (Fsp3) is 0.148. The minimum atomic E-state index is -0.468. The van der Waals surface area contributed by atoms with Crippen molar-refractivity contribution in [2.75, 3.05) is 11.9 Å². The van der Waals surface area contributed by atoms with Crippen LogP contribution in [-0.4, -0.2) is 32.0 Å². The molecule has 1 aliphatic heterocycles. The number of nitrogens with one attached hydrogen (secondary N) is 2. The molecular weight excluding hydrogens is 541 g/mol. The summed E-state index contributed by atoms with van der Waals surface area (Å²) in [5.41, 5.74) is 3.03. The lowest BCUT2D eigenvalue weighted by atomic mass is 10.0. The average Bonchev–Trinajstić information content (AvgIpc) is 3.49. The van der Waals surface area contributed by atoms with Crippen LogP contribution in [0.3, 0.4) is 0 Å². The monoisotopic (exact) mass is 563 g/mol. The number of aromatic nitrogens is 2. The number of hydrogen-bond acceptors (Lipinski definition) is 3. The van der Waals surface area contributed by atoms with E-state index in [9.17, 15) is 9.18 Å². The summed E-state index contributed by atoms with van der Waals surface area (Å²) in [5, 5.41) is 6.61. The summed E-state index contributed by atoms with van der Waals surface area (Å²) in [6, 6.07) is 23.6. The minimum Gasteiger partial charge on any atom is -0.352 e. The molecule has 0 bridgehead atoms. The van der Waals surface area contributed by atoms with Gasteiger partial charge in [-0.3, -0.25) is 9.78 Å². The largest absolute Gasteiger partial charge is 0.352 e. The van der Waals surface area contributed by atoms with Crippen LogP contribution in [0.5, 0.6) is 0 Å². The Morgan fingerprint density at radius 2 is 1.83 bits per heavy atom. The molecule has 4 aromatic rings. The molecule has 36 heavy (non-hydrogen) atoms. The molecule has 2 atom stereocenters. The smallest absolute Gasteiger partial charge is 0.226 e. The van der Waals surface area contributed by atoms with Gasteiger partial charge in [0.15, 0.2) is 5.11 Å². The summed E-state index contributed by atoms with van der Waals surface area (Å²) >= 11 is 9.23. The van der Waals surface area contributed by atoms with Crippen LogP contribution in [0, 0.1) is 5.82 Å². The van der Waals surface area contributed by atoms with Gasteiger partial charge in [0, 0.05) is 41.2 Å². The summed E-state index contributed by atoms with van der Waals surface area (Å²) in [6.07, 6.45) is 3.91. The van der Waals surface area contributed by atoms with Gasteiger partial charge in [0.05, 0.1) is 23.5 Å². The molecule has 5 rings (SSSR count).